The van der Waals surface area contributed by atoms with E-state index in [-0.39, 0.29) is 51.4 Å². The largest absolute Gasteiger partial charge is 1.00 e. The molecule has 4 aliphatic rings. The molecule has 4 N–H and O–H groups in total. The molecule has 0 bridgehead atoms. The molecule has 4 aliphatic heterocycles. The number of cyclic esters (lactones) is 2. The first-order chi connectivity index (χ1) is 11.9. The van der Waals surface area contributed by atoms with Crippen LogP contribution >= 0.6 is 0 Å². The van der Waals surface area contributed by atoms with Gasteiger partial charge in [0.1, 0.15) is 24.4 Å². The Morgan fingerprint density at radius 3 is 1.54 bits per heavy atom. The number of aliphatic hydroxyl groups excluding tert-OH is 4. The minimum Gasteiger partial charge on any atom is -0.511 e. The van der Waals surface area contributed by atoms with Crippen molar-refractivity contribution in [1.82, 2.24) is 0 Å². The van der Waals surface area contributed by atoms with Crippen molar-refractivity contribution in [3.05, 3.63) is 0 Å². The Labute approximate surface area is 189 Å². The number of aliphatic hydroxyl groups is 4. The number of ether oxygens (including phenoxy) is 2. The van der Waals surface area contributed by atoms with E-state index < -0.39 is 80.9 Å². The van der Waals surface area contributed by atoms with Crippen molar-refractivity contribution >= 4 is 18.9 Å². The first kappa shape index (κ1) is 21.0. The number of carbonyl (C=O) groups excluding carboxylic acids is 2. The van der Waals surface area contributed by atoms with Crippen molar-refractivity contribution in [2.75, 3.05) is 13.2 Å². The monoisotopic (exact) mass is 402 g/mol. The SMILES string of the molecule is O=C1OC(C(O)CO)C2O[B-]3(OC12)OC1C(=O)OC(C(O)CO)C1O3.[K+]. The fourth-order valence-corrected chi connectivity index (χ4v) is 3.45. The standard InChI is InChI=1S/C12H16BO12.K/c14-1-3(16)5-7-9(11(18)20-5)24-13(22-7)23-8-6(4(17)2-15)21-12(19)10(8)25-13;/h3-10,14-17H,1-2H2;/q-1;+1. The normalized spacial score (nSPS) is 45.7. The molecule has 4 fully saturated rings. The van der Waals surface area contributed by atoms with Gasteiger partial charge in [0, 0.05) is 0 Å². The summed E-state index contributed by atoms with van der Waals surface area (Å²) in [6.07, 6.45) is -9.92. The molecule has 4 rings (SSSR count). The molecule has 4 heterocycles. The second-order valence-corrected chi connectivity index (χ2v) is 6.19. The summed E-state index contributed by atoms with van der Waals surface area (Å²) < 4.78 is 31.6. The molecule has 0 aromatic carbocycles. The molecule has 4 saturated heterocycles. The average molecular weight is 402 g/mol. The molecule has 8 unspecified atom stereocenters. The molecule has 0 aromatic rings. The Bertz CT molecular complexity index is 541. The van der Waals surface area contributed by atoms with Crippen LogP contribution in [0.1, 0.15) is 0 Å². The summed E-state index contributed by atoms with van der Waals surface area (Å²) in [5.74, 6) is -1.67. The Morgan fingerprint density at radius 2 is 1.19 bits per heavy atom. The summed E-state index contributed by atoms with van der Waals surface area (Å²) in [5.41, 5.74) is 0. The Morgan fingerprint density at radius 1 is 0.808 bits per heavy atom. The van der Waals surface area contributed by atoms with Crippen LogP contribution in [0.15, 0.2) is 0 Å². The van der Waals surface area contributed by atoms with E-state index in [4.69, 9.17) is 38.3 Å². The Kier molecular flexibility index (Phi) is 6.17. The summed E-state index contributed by atoms with van der Waals surface area (Å²) in [4.78, 5) is 23.7. The number of rotatable bonds is 4. The molecule has 12 nitrogen and oxygen atoms in total. The van der Waals surface area contributed by atoms with Crippen LogP contribution in [0.3, 0.4) is 0 Å². The van der Waals surface area contributed by atoms with Gasteiger partial charge in [-0.3, -0.25) is 0 Å². The summed E-state index contributed by atoms with van der Waals surface area (Å²) in [5, 5.41) is 37.5. The van der Waals surface area contributed by atoms with Crippen LogP contribution in [-0.4, -0.2) is 101 Å². The zero-order valence-electron chi connectivity index (χ0n) is 13.7. The molecule has 0 amide bonds. The summed E-state index contributed by atoms with van der Waals surface area (Å²) >= 11 is 0. The molecule has 8 atom stereocenters. The first-order valence-corrected chi connectivity index (χ1v) is 7.72. The third-order valence-electron chi connectivity index (χ3n) is 4.62. The summed E-state index contributed by atoms with van der Waals surface area (Å²) in [6.45, 7) is -4.33. The van der Waals surface area contributed by atoms with E-state index in [1.165, 1.54) is 0 Å². The van der Waals surface area contributed by atoms with Crippen molar-refractivity contribution in [1.29, 1.82) is 0 Å². The van der Waals surface area contributed by atoms with Crippen LogP contribution in [0.4, 0.5) is 0 Å². The van der Waals surface area contributed by atoms with Gasteiger partial charge < -0.3 is 48.5 Å². The van der Waals surface area contributed by atoms with E-state index in [9.17, 15) is 19.8 Å². The van der Waals surface area contributed by atoms with Gasteiger partial charge in [0.25, 0.3) is 0 Å². The second kappa shape index (κ2) is 7.62. The number of esters is 2. The second-order valence-electron chi connectivity index (χ2n) is 6.19. The summed E-state index contributed by atoms with van der Waals surface area (Å²) in [6, 6.07) is 0. The van der Waals surface area contributed by atoms with Gasteiger partial charge in [-0.05, 0) is 0 Å². The average Bonchev–Trinajstić information content (AvgIpc) is 3.30. The molecule has 0 saturated carbocycles. The number of carbonyl (C=O) groups is 2. The van der Waals surface area contributed by atoms with E-state index in [1.54, 1.807) is 0 Å². The zero-order chi connectivity index (χ0) is 17.9. The van der Waals surface area contributed by atoms with Gasteiger partial charge in [0.15, 0.2) is 12.2 Å². The van der Waals surface area contributed by atoms with Crippen LogP contribution in [-0.2, 0) is 37.7 Å². The molecule has 14 heteroatoms. The fourth-order valence-electron chi connectivity index (χ4n) is 3.45. The van der Waals surface area contributed by atoms with Gasteiger partial charge in [0.2, 0.25) is 0 Å². The quantitative estimate of drug-likeness (QED) is 0.259. The summed E-state index contributed by atoms with van der Waals surface area (Å²) in [7, 11) is 0. The maximum atomic E-state index is 11.9. The minimum absolute atomic E-state index is 0. The van der Waals surface area contributed by atoms with Crippen molar-refractivity contribution < 1.29 is 109 Å². The maximum Gasteiger partial charge on any atom is 1.00 e. The van der Waals surface area contributed by atoms with Crippen molar-refractivity contribution in [2.45, 2.75) is 48.8 Å². The van der Waals surface area contributed by atoms with Gasteiger partial charge in [-0.15, -0.1) is 0 Å². The van der Waals surface area contributed by atoms with E-state index >= 15 is 0 Å². The van der Waals surface area contributed by atoms with Crippen molar-refractivity contribution in [3.63, 3.8) is 0 Å². The number of fused-ring (bicyclic) bond motifs is 2. The predicted octanol–water partition coefficient (Wildman–Crippen LogP) is -7.45. The van der Waals surface area contributed by atoms with Gasteiger partial charge in [-0.25, -0.2) is 9.59 Å². The number of hydrogen-bond donors (Lipinski definition) is 4. The molecule has 0 aliphatic carbocycles. The molecule has 1 spiro atoms. The minimum atomic E-state index is -2.99. The molecule has 26 heavy (non-hydrogen) atoms. The number of hydrogen-bond acceptors (Lipinski definition) is 12. The van der Waals surface area contributed by atoms with Crippen molar-refractivity contribution in [2.24, 2.45) is 0 Å². The van der Waals surface area contributed by atoms with Crippen LogP contribution in [0, 0.1) is 0 Å². The van der Waals surface area contributed by atoms with Crippen LogP contribution < -0.4 is 51.4 Å². The Balaban J connectivity index is 0.00000196. The van der Waals surface area contributed by atoms with E-state index in [2.05, 4.69) is 0 Å². The molecular weight excluding hydrogens is 386 g/mol. The third kappa shape index (κ3) is 3.20. The third-order valence-corrected chi connectivity index (χ3v) is 4.62. The molecular formula is C12H16BKO12. The van der Waals surface area contributed by atoms with Crippen LogP contribution in [0.25, 0.3) is 0 Å². The van der Waals surface area contributed by atoms with Crippen LogP contribution in [0.2, 0.25) is 0 Å². The fraction of sp³-hybridized carbons (Fsp3) is 0.833. The van der Waals surface area contributed by atoms with Gasteiger partial charge in [-0.1, -0.05) is 0 Å². The van der Waals surface area contributed by atoms with Crippen molar-refractivity contribution in [3.8, 4) is 0 Å². The van der Waals surface area contributed by atoms with E-state index in [0.717, 1.165) is 0 Å². The molecule has 0 aromatic heterocycles. The maximum absolute atomic E-state index is 11.9. The molecule has 0 radical (unpaired) electrons. The molecule has 140 valence electrons. The van der Waals surface area contributed by atoms with E-state index in [1.807, 2.05) is 0 Å². The van der Waals surface area contributed by atoms with Gasteiger partial charge >= 0.3 is 70.3 Å². The van der Waals surface area contributed by atoms with E-state index in [0.29, 0.717) is 0 Å². The topological polar surface area (TPSA) is 170 Å². The predicted molar refractivity (Wildman–Crippen MR) is 71.2 cm³/mol. The first-order valence-electron chi connectivity index (χ1n) is 7.72. The van der Waals surface area contributed by atoms with Crippen LogP contribution in [0.5, 0.6) is 0 Å². The van der Waals surface area contributed by atoms with Gasteiger partial charge in [0.05, 0.1) is 25.4 Å². The Hall–Kier alpha value is 0.321. The van der Waals surface area contributed by atoms with Gasteiger partial charge in [-0.2, -0.15) is 0 Å². The zero-order valence-corrected chi connectivity index (χ0v) is 16.8. The smallest absolute Gasteiger partial charge is 0.511 e.